The first-order valence-electron chi connectivity index (χ1n) is 7.96. The number of rotatable bonds is 5. The lowest BCUT2D eigenvalue weighted by molar-refractivity contribution is 0.0950. The van der Waals surface area contributed by atoms with Gasteiger partial charge in [-0.25, -0.2) is 4.98 Å². The van der Waals surface area contributed by atoms with Gasteiger partial charge < -0.3 is 14.6 Å². The minimum Gasteiger partial charge on any atom is -0.481 e. The van der Waals surface area contributed by atoms with Crippen molar-refractivity contribution in [1.82, 2.24) is 19.9 Å². The van der Waals surface area contributed by atoms with Gasteiger partial charge in [0, 0.05) is 36.4 Å². The van der Waals surface area contributed by atoms with Gasteiger partial charge in [0.15, 0.2) is 0 Å². The minimum absolute atomic E-state index is 0.112. The fourth-order valence-corrected chi connectivity index (χ4v) is 2.79. The lowest BCUT2D eigenvalue weighted by Gasteiger charge is -2.09. The van der Waals surface area contributed by atoms with E-state index >= 15 is 0 Å². The van der Waals surface area contributed by atoms with E-state index in [1.807, 2.05) is 42.7 Å². The number of ether oxygens (including phenoxy) is 1. The molecule has 3 aromatic heterocycles. The molecule has 0 spiro atoms. The van der Waals surface area contributed by atoms with Gasteiger partial charge in [-0.2, -0.15) is 0 Å². The minimum atomic E-state index is -0.112. The maximum atomic E-state index is 12.6. The molecule has 1 amide bonds. The number of amides is 1. The number of nitrogens with zero attached hydrogens (tertiary/aromatic N) is 3. The molecule has 0 aliphatic rings. The summed E-state index contributed by atoms with van der Waals surface area (Å²) in [7, 11) is 1.57. The average Bonchev–Trinajstić information content (AvgIpc) is 2.95. The van der Waals surface area contributed by atoms with Crippen LogP contribution in [0.4, 0.5) is 0 Å². The maximum Gasteiger partial charge on any atom is 0.253 e. The van der Waals surface area contributed by atoms with Gasteiger partial charge in [-0.05, 0) is 37.6 Å². The molecule has 25 heavy (non-hydrogen) atoms. The van der Waals surface area contributed by atoms with E-state index in [9.17, 15) is 4.79 Å². The molecule has 1 N–H and O–H groups in total. The second-order valence-electron chi connectivity index (χ2n) is 5.72. The molecular formula is C19H20N4O2. The highest BCUT2D eigenvalue weighted by Crippen LogP contribution is 2.20. The Morgan fingerprint density at radius 2 is 2.08 bits per heavy atom. The molecule has 0 atom stereocenters. The smallest absolute Gasteiger partial charge is 0.253 e. The van der Waals surface area contributed by atoms with E-state index in [2.05, 4.69) is 15.3 Å². The lowest BCUT2D eigenvalue weighted by atomic mass is 10.2. The maximum absolute atomic E-state index is 12.6. The number of hydrogen-bond acceptors (Lipinski definition) is 4. The number of aryl methyl sites for hydroxylation is 1. The molecule has 0 unspecified atom stereocenters. The third-order valence-electron chi connectivity index (χ3n) is 4.04. The summed E-state index contributed by atoms with van der Waals surface area (Å²) in [6, 6.07) is 9.40. The van der Waals surface area contributed by atoms with E-state index in [4.69, 9.17) is 4.74 Å². The standard InChI is InChI=1S/C19H20N4O2/c1-13-9-17(14(2)23(13)16-5-4-8-20-12-16)19(24)22-11-15-6-7-18(25-3)21-10-15/h4-10,12H,11H2,1-3H3,(H,22,24). The van der Waals surface area contributed by atoms with Crippen molar-refractivity contribution in [2.45, 2.75) is 20.4 Å². The van der Waals surface area contributed by atoms with Crippen LogP contribution in [0.5, 0.6) is 5.88 Å². The van der Waals surface area contributed by atoms with Crippen LogP contribution in [0.15, 0.2) is 48.9 Å². The number of aromatic nitrogens is 3. The number of carbonyl (C=O) groups is 1. The highest BCUT2D eigenvalue weighted by Gasteiger charge is 2.16. The van der Waals surface area contributed by atoms with Crippen molar-refractivity contribution < 1.29 is 9.53 Å². The normalized spacial score (nSPS) is 10.5. The molecule has 0 aromatic carbocycles. The zero-order valence-corrected chi connectivity index (χ0v) is 14.5. The second-order valence-corrected chi connectivity index (χ2v) is 5.72. The summed E-state index contributed by atoms with van der Waals surface area (Å²) >= 11 is 0. The van der Waals surface area contributed by atoms with E-state index in [1.54, 1.807) is 31.8 Å². The van der Waals surface area contributed by atoms with Crippen LogP contribution in [-0.2, 0) is 6.54 Å². The van der Waals surface area contributed by atoms with Gasteiger partial charge in [0.05, 0.1) is 24.6 Å². The molecule has 3 heterocycles. The SMILES string of the molecule is COc1ccc(CNC(=O)c2cc(C)n(-c3cccnc3)c2C)cn1. The number of nitrogens with one attached hydrogen (secondary N) is 1. The van der Waals surface area contributed by atoms with Gasteiger partial charge in [0.25, 0.3) is 5.91 Å². The Hall–Kier alpha value is -3.15. The second kappa shape index (κ2) is 7.17. The van der Waals surface area contributed by atoms with Crippen molar-refractivity contribution >= 4 is 5.91 Å². The average molecular weight is 336 g/mol. The highest BCUT2D eigenvalue weighted by atomic mass is 16.5. The van der Waals surface area contributed by atoms with Crippen LogP contribution in [0, 0.1) is 13.8 Å². The monoisotopic (exact) mass is 336 g/mol. The fourth-order valence-electron chi connectivity index (χ4n) is 2.79. The van der Waals surface area contributed by atoms with Crippen molar-refractivity contribution in [3.8, 4) is 11.6 Å². The Bertz CT molecular complexity index is 870. The van der Waals surface area contributed by atoms with Gasteiger partial charge in [-0.15, -0.1) is 0 Å². The van der Waals surface area contributed by atoms with Gasteiger partial charge in [0.1, 0.15) is 0 Å². The van der Waals surface area contributed by atoms with Crippen LogP contribution in [0.3, 0.4) is 0 Å². The number of carbonyl (C=O) groups excluding carboxylic acids is 1. The molecule has 0 saturated heterocycles. The Balaban J connectivity index is 1.76. The van der Waals surface area contributed by atoms with Gasteiger partial charge in [0.2, 0.25) is 5.88 Å². The first-order chi connectivity index (χ1) is 12.1. The molecule has 6 heteroatoms. The van der Waals surface area contributed by atoms with Crippen LogP contribution in [-0.4, -0.2) is 27.6 Å². The number of pyridine rings is 2. The van der Waals surface area contributed by atoms with E-state index in [0.29, 0.717) is 18.0 Å². The summed E-state index contributed by atoms with van der Waals surface area (Å²) in [5.74, 6) is 0.439. The van der Waals surface area contributed by atoms with Crippen molar-refractivity contribution in [3.05, 3.63) is 71.4 Å². The summed E-state index contributed by atoms with van der Waals surface area (Å²) in [5.41, 5.74) is 4.38. The third kappa shape index (κ3) is 3.52. The first-order valence-corrected chi connectivity index (χ1v) is 7.96. The van der Waals surface area contributed by atoms with E-state index in [-0.39, 0.29) is 5.91 Å². The summed E-state index contributed by atoms with van der Waals surface area (Å²) < 4.78 is 7.06. The molecule has 3 rings (SSSR count). The quantitative estimate of drug-likeness (QED) is 0.778. The summed E-state index contributed by atoms with van der Waals surface area (Å²) in [5, 5.41) is 2.94. The molecule has 3 aromatic rings. The Labute approximate surface area is 146 Å². The Morgan fingerprint density at radius 3 is 2.72 bits per heavy atom. The van der Waals surface area contributed by atoms with E-state index in [1.165, 1.54) is 0 Å². The van der Waals surface area contributed by atoms with Gasteiger partial charge in [-0.3, -0.25) is 9.78 Å². The van der Waals surface area contributed by atoms with Crippen molar-refractivity contribution in [2.75, 3.05) is 7.11 Å². The molecule has 0 radical (unpaired) electrons. The van der Waals surface area contributed by atoms with Crippen LogP contribution >= 0.6 is 0 Å². The molecular weight excluding hydrogens is 316 g/mol. The summed E-state index contributed by atoms with van der Waals surface area (Å²) in [6.45, 7) is 4.32. The fraction of sp³-hybridized carbons (Fsp3) is 0.211. The largest absolute Gasteiger partial charge is 0.481 e. The lowest BCUT2D eigenvalue weighted by Crippen LogP contribution is -2.23. The topological polar surface area (TPSA) is 69.0 Å². The molecule has 0 aliphatic carbocycles. The number of hydrogen-bond donors (Lipinski definition) is 1. The van der Waals surface area contributed by atoms with Crippen LogP contribution in [0.2, 0.25) is 0 Å². The Kier molecular flexibility index (Phi) is 4.79. The van der Waals surface area contributed by atoms with Crippen LogP contribution in [0.1, 0.15) is 27.3 Å². The van der Waals surface area contributed by atoms with Gasteiger partial charge >= 0.3 is 0 Å². The first kappa shape index (κ1) is 16.7. The molecule has 0 fully saturated rings. The third-order valence-corrected chi connectivity index (χ3v) is 4.04. The van der Waals surface area contributed by atoms with Crippen molar-refractivity contribution in [3.63, 3.8) is 0 Å². The predicted octanol–water partition coefficient (Wildman–Crippen LogP) is 2.82. The number of methoxy groups -OCH3 is 1. The van der Waals surface area contributed by atoms with Gasteiger partial charge in [-0.1, -0.05) is 6.07 Å². The zero-order valence-electron chi connectivity index (χ0n) is 14.5. The highest BCUT2D eigenvalue weighted by molar-refractivity contribution is 5.95. The molecule has 0 bridgehead atoms. The molecule has 0 aliphatic heterocycles. The van der Waals surface area contributed by atoms with Crippen LogP contribution < -0.4 is 10.1 Å². The molecule has 6 nitrogen and oxygen atoms in total. The summed E-state index contributed by atoms with van der Waals surface area (Å²) in [4.78, 5) is 20.9. The summed E-state index contributed by atoms with van der Waals surface area (Å²) in [6.07, 6.45) is 5.21. The predicted molar refractivity (Wildman–Crippen MR) is 95.0 cm³/mol. The zero-order chi connectivity index (χ0) is 17.8. The molecule has 128 valence electrons. The Morgan fingerprint density at radius 1 is 1.24 bits per heavy atom. The van der Waals surface area contributed by atoms with E-state index in [0.717, 1.165) is 22.6 Å². The van der Waals surface area contributed by atoms with Crippen LogP contribution in [0.25, 0.3) is 5.69 Å². The molecule has 0 saturated carbocycles. The van der Waals surface area contributed by atoms with Crippen molar-refractivity contribution in [1.29, 1.82) is 0 Å². The van der Waals surface area contributed by atoms with E-state index < -0.39 is 0 Å². The van der Waals surface area contributed by atoms with Crippen molar-refractivity contribution in [2.24, 2.45) is 0 Å².